The number of carbonyl (C=O) groups is 1. The highest BCUT2D eigenvalue weighted by Crippen LogP contribution is 2.38. The van der Waals surface area contributed by atoms with Gasteiger partial charge < -0.3 is 14.4 Å². The zero-order valence-electron chi connectivity index (χ0n) is 19.8. The van der Waals surface area contributed by atoms with E-state index in [2.05, 4.69) is 0 Å². The SMILES string of the molecule is Cc1cc(-c2cccc(F)c2)cc(N(C)c2c(C)ccc(OCC(=O)OC(C)C)c2C)c1F. The smallest absolute Gasteiger partial charge is 0.344 e. The molecule has 0 heterocycles. The van der Waals surface area contributed by atoms with E-state index in [-0.39, 0.29) is 24.3 Å². The number of ether oxygens (including phenoxy) is 2. The zero-order chi connectivity index (χ0) is 24.3. The molecule has 0 amide bonds. The number of esters is 1. The predicted molar refractivity (Wildman–Crippen MR) is 127 cm³/mol. The third kappa shape index (κ3) is 5.51. The Labute approximate surface area is 193 Å². The summed E-state index contributed by atoms with van der Waals surface area (Å²) in [7, 11) is 1.78. The molecule has 0 radical (unpaired) electrons. The summed E-state index contributed by atoms with van der Waals surface area (Å²) in [5, 5.41) is 0. The van der Waals surface area contributed by atoms with Crippen LogP contribution in [0.15, 0.2) is 48.5 Å². The lowest BCUT2D eigenvalue weighted by molar-refractivity contribution is -0.149. The average molecular weight is 454 g/mol. The zero-order valence-corrected chi connectivity index (χ0v) is 19.8. The lowest BCUT2D eigenvalue weighted by Gasteiger charge is -2.26. The third-order valence-corrected chi connectivity index (χ3v) is 5.39. The second-order valence-corrected chi connectivity index (χ2v) is 8.38. The normalized spacial score (nSPS) is 10.9. The molecular weight excluding hydrogens is 424 g/mol. The summed E-state index contributed by atoms with van der Waals surface area (Å²) in [5.41, 5.74) is 4.65. The van der Waals surface area contributed by atoms with Crippen LogP contribution in [-0.4, -0.2) is 25.7 Å². The van der Waals surface area contributed by atoms with Crippen molar-refractivity contribution in [1.82, 2.24) is 0 Å². The quantitative estimate of drug-likeness (QED) is 0.375. The minimum absolute atomic E-state index is 0.215. The van der Waals surface area contributed by atoms with Crippen molar-refractivity contribution in [1.29, 1.82) is 0 Å². The Morgan fingerprint density at radius 1 is 0.970 bits per heavy atom. The van der Waals surface area contributed by atoms with Crippen LogP contribution in [0.5, 0.6) is 5.75 Å². The molecule has 0 aliphatic heterocycles. The van der Waals surface area contributed by atoms with Gasteiger partial charge in [-0.05, 0) is 87.2 Å². The van der Waals surface area contributed by atoms with Gasteiger partial charge in [0.1, 0.15) is 17.4 Å². The van der Waals surface area contributed by atoms with Crippen molar-refractivity contribution in [2.45, 2.75) is 40.7 Å². The number of nitrogens with zero attached hydrogens (tertiary/aromatic N) is 1. The van der Waals surface area contributed by atoms with E-state index in [1.165, 1.54) is 12.1 Å². The van der Waals surface area contributed by atoms with Gasteiger partial charge in [-0.25, -0.2) is 13.6 Å². The molecule has 0 aliphatic carbocycles. The van der Waals surface area contributed by atoms with E-state index in [0.29, 0.717) is 22.6 Å². The second kappa shape index (κ2) is 10.0. The lowest BCUT2D eigenvalue weighted by Crippen LogP contribution is -2.20. The average Bonchev–Trinajstić information content (AvgIpc) is 2.74. The summed E-state index contributed by atoms with van der Waals surface area (Å²) >= 11 is 0. The van der Waals surface area contributed by atoms with Crippen LogP contribution >= 0.6 is 0 Å². The van der Waals surface area contributed by atoms with Crippen molar-refractivity contribution < 1.29 is 23.0 Å². The topological polar surface area (TPSA) is 38.8 Å². The van der Waals surface area contributed by atoms with Crippen molar-refractivity contribution in [2.24, 2.45) is 0 Å². The van der Waals surface area contributed by atoms with E-state index in [1.807, 2.05) is 19.9 Å². The van der Waals surface area contributed by atoms with Gasteiger partial charge >= 0.3 is 5.97 Å². The molecule has 3 aromatic rings. The highest BCUT2D eigenvalue weighted by molar-refractivity contribution is 5.77. The van der Waals surface area contributed by atoms with Crippen molar-refractivity contribution in [2.75, 3.05) is 18.6 Å². The Morgan fingerprint density at radius 2 is 1.70 bits per heavy atom. The van der Waals surface area contributed by atoms with Crippen LogP contribution in [0.4, 0.5) is 20.2 Å². The van der Waals surface area contributed by atoms with E-state index < -0.39 is 5.97 Å². The van der Waals surface area contributed by atoms with Crippen LogP contribution in [0.2, 0.25) is 0 Å². The van der Waals surface area contributed by atoms with E-state index in [0.717, 1.165) is 22.4 Å². The second-order valence-electron chi connectivity index (χ2n) is 8.38. The minimum Gasteiger partial charge on any atom is -0.482 e. The van der Waals surface area contributed by atoms with Crippen molar-refractivity contribution in [3.8, 4) is 16.9 Å². The number of halogens is 2. The highest BCUT2D eigenvalue weighted by atomic mass is 19.1. The monoisotopic (exact) mass is 453 g/mol. The molecule has 0 fully saturated rings. The van der Waals surface area contributed by atoms with Crippen LogP contribution in [0.25, 0.3) is 11.1 Å². The molecule has 174 valence electrons. The molecule has 0 bridgehead atoms. The van der Waals surface area contributed by atoms with E-state index in [9.17, 15) is 9.18 Å². The number of carbonyl (C=O) groups excluding carboxylic acids is 1. The molecular formula is C27H29F2NO3. The van der Waals surface area contributed by atoms with Gasteiger partial charge in [-0.3, -0.25) is 0 Å². The molecule has 0 saturated carbocycles. The molecule has 3 aromatic carbocycles. The van der Waals surface area contributed by atoms with Gasteiger partial charge in [-0.15, -0.1) is 0 Å². The summed E-state index contributed by atoms with van der Waals surface area (Å²) in [4.78, 5) is 13.6. The predicted octanol–water partition coefficient (Wildman–Crippen LogP) is 6.66. The Morgan fingerprint density at radius 3 is 2.36 bits per heavy atom. The molecule has 0 aliphatic rings. The summed E-state index contributed by atoms with van der Waals surface area (Å²) in [6.07, 6.45) is -0.224. The van der Waals surface area contributed by atoms with Crippen molar-refractivity contribution in [3.63, 3.8) is 0 Å². The number of anilines is 2. The van der Waals surface area contributed by atoms with Gasteiger partial charge in [0.05, 0.1) is 17.5 Å². The van der Waals surface area contributed by atoms with E-state index >= 15 is 4.39 Å². The summed E-state index contributed by atoms with van der Waals surface area (Å²) < 4.78 is 39.8. The lowest BCUT2D eigenvalue weighted by atomic mass is 10.0. The van der Waals surface area contributed by atoms with Crippen LogP contribution in [0, 0.1) is 32.4 Å². The highest BCUT2D eigenvalue weighted by Gasteiger charge is 2.20. The Balaban J connectivity index is 1.99. The van der Waals surface area contributed by atoms with Gasteiger partial charge in [0.25, 0.3) is 0 Å². The largest absolute Gasteiger partial charge is 0.482 e. The molecule has 0 aromatic heterocycles. The molecule has 6 heteroatoms. The van der Waals surface area contributed by atoms with Crippen molar-refractivity contribution in [3.05, 3.63) is 76.9 Å². The molecule has 0 atom stereocenters. The third-order valence-electron chi connectivity index (χ3n) is 5.39. The van der Waals surface area contributed by atoms with Crippen LogP contribution in [0.1, 0.15) is 30.5 Å². The van der Waals surface area contributed by atoms with Gasteiger partial charge in [0.2, 0.25) is 0 Å². The van der Waals surface area contributed by atoms with Crippen LogP contribution in [0.3, 0.4) is 0 Å². The van der Waals surface area contributed by atoms with E-state index in [1.54, 1.807) is 63.1 Å². The number of benzene rings is 3. The first-order valence-electron chi connectivity index (χ1n) is 10.8. The summed E-state index contributed by atoms with van der Waals surface area (Å²) in [6.45, 7) is 8.82. The van der Waals surface area contributed by atoms with Gasteiger partial charge in [0, 0.05) is 12.6 Å². The fraction of sp³-hybridized carbons (Fsp3) is 0.296. The van der Waals surface area contributed by atoms with E-state index in [4.69, 9.17) is 9.47 Å². The standard InChI is InChI=1S/C27H29F2NO3/c1-16(2)33-25(31)15-32-24-11-10-17(3)27(19(24)5)30(6)23-14-21(12-18(4)26(23)29)20-8-7-9-22(28)13-20/h7-14,16H,15H2,1-6H3. The fourth-order valence-corrected chi connectivity index (χ4v) is 3.87. The van der Waals surface area contributed by atoms with Crippen LogP contribution < -0.4 is 9.64 Å². The molecule has 0 spiro atoms. The maximum absolute atomic E-state index is 15.2. The number of rotatable bonds is 7. The molecule has 4 nitrogen and oxygen atoms in total. The van der Waals surface area contributed by atoms with Gasteiger partial charge in [-0.1, -0.05) is 18.2 Å². The maximum Gasteiger partial charge on any atom is 0.344 e. The Hall–Kier alpha value is -3.41. The summed E-state index contributed by atoms with van der Waals surface area (Å²) in [5.74, 6) is -0.647. The molecule has 3 rings (SSSR count). The number of hydrogen-bond acceptors (Lipinski definition) is 4. The fourth-order valence-electron chi connectivity index (χ4n) is 3.87. The van der Waals surface area contributed by atoms with Crippen molar-refractivity contribution >= 4 is 17.3 Å². The number of hydrogen-bond donors (Lipinski definition) is 0. The van der Waals surface area contributed by atoms with Gasteiger partial charge in [-0.2, -0.15) is 0 Å². The molecule has 0 N–H and O–H groups in total. The Kier molecular flexibility index (Phi) is 7.36. The molecule has 0 unspecified atom stereocenters. The van der Waals surface area contributed by atoms with Gasteiger partial charge in [0.15, 0.2) is 6.61 Å². The first kappa shape index (κ1) is 24.2. The first-order valence-corrected chi connectivity index (χ1v) is 10.8. The molecule has 33 heavy (non-hydrogen) atoms. The maximum atomic E-state index is 15.2. The Bertz CT molecular complexity index is 1170. The molecule has 0 saturated heterocycles. The first-order chi connectivity index (χ1) is 15.6. The minimum atomic E-state index is -0.454. The summed E-state index contributed by atoms with van der Waals surface area (Å²) in [6, 6.07) is 13.3. The number of aryl methyl sites for hydroxylation is 2. The van der Waals surface area contributed by atoms with Crippen LogP contribution in [-0.2, 0) is 9.53 Å².